The summed E-state index contributed by atoms with van der Waals surface area (Å²) in [5, 5.41) is 29.6. The molecule has 1 amide bonds. The minimum absolute atomic E-state index is 0. The number of aliphatic hydroxyl groups is 1. The van der Waals surface area contributed by atoms with Crippen molar-refractivity contribution in [2.24, 2.45) is 5.92 Å². The number of alkyl halides is 12. The van der Waals surface area contributed by atoms with E-state index in [9.17, 15) is 86.2 Å². The maximum atomic E-state index is 12.8. The van der Waals surface area contributed by atoms with E-state index in [2.05, 4.69) is 95.6 Å². The van der Waals surface area contributed by atoms with Crippen molar-refractivity contribution in [3.63, 3.8) is 0 Å². The van der Waals surface area contributed by atoms with Gasteiger partial charge in [-0.15, -0.1) is 0 Å². The number of anilines is 4. The van der Waals surface area contributed by atoms with Gasteiger partial charge in [0, 0.05) is 130 Å². The van der Waals surface area contributed by atoms with Gasteiger partial charge in [0.1, 0.15) is 48.6 Å². The Bertz CT molecular complexity index is 4800. The fourth-order valence-corrected chi connectivity index (χ4v) is 14.8. The Hall–Kier alpha value is -7.57. The monoisotopic (exact) mass is 2050 g/mol. The third kappa shape index (κ3) is 46.4. The van der Waals surface area contributed by atoms with Crippen LogP contribution in [0, 0.1) is 19.1 Å². The number of carbonyl (C=O) groups is 7. The molecule has 1 unspecified atom stereocenters. The Morgan fingerprint density at radius 1 is 0.526 bits per heavy atom. The topological polar surface area (TPSA) is 312 Å². The standard InChI is InChI=1S/C33H36ClF2N7O2.C30H35ClN6O.C5H8F2O2.C5H6F2O2.C5H6F2O.2C4H4F2O2.2CH4.B.2Na.H2O.4H2S.H/c1-37-18-24-19-42(16-17-43(24)30(44)12-11-29(35)36)32-25-13-15-41(28-10-4-7-22-6-3-9-26(34)31(22)28)20-27(25)38-33(39-32)45-21-23-8-5-14-40(23)2;1-32-17-21-7-5-15-37(18-21)29-24-13-16-36(27-12-4-9-22-8-3-11-25(31)28(22)27)19-26(24)33-30(34-29)38-20-23-10-6-14-35(23)2;2*1-3(8)2-4(9)5(6)7;1-4(8)2-3-5(6)7;2*5-3(6)1-2-4(7)8;;;;;;;;;;;/h3-4,6-7,9-12,23-24,29H,5,8,13-21H2,2H3;3-4,8-9,11-12,21,23H,5-7,10,13-20H2,2H3;4-5,9H,2H2,1H3;5H,2H2,1H3;2-3,5H,1H3;2*1-3H,(H,7,8);2*1H4;;;;5*1H2;/q;;;;;;;;;;2*+1;;;;;;-1/p-1/b12-11+;;;;3-2+;2*2-1+;;;;;;;;;;;/t23-,24-;21-,23-;;;;;;;;;;;;;;;;/m00................/s1. The van der Waals surface area contributed by atoms with Crippen molar-refractivity contribution in [1.82, 2.24) is 34.6 Å². The summed E-state index contributed by atoms with van der Waals surface area (Å²) in [6, 6.07) is 25.6. The average Bonchev–Trinajstić information content (AvgIpc) is 0.842. The fourth-order valence-electron chi connectivity index (χ4n) is 14.3. The molecule has 0 bridgehead atoms. The van der Waals surface area contributed by atoms with E-state index >= 15 is 0 Å². The number of likely N-dealkylation sites (tertiary alicyclic amines) is 2. The van der Waals surface area contributed by atoms with Gasteiger partial charge in [0.05, 0.1) is 40.9 Å². The van der Waals surface area contributed by atoms with Gasteiger partial charge < -0.3 is 75.7 Å². The largest absolute Gasteiger partial charge is 1.00 e. The van der Waals surface area contributed by atoms with Gasteiger partial charge in [-0.2, -0.15) is 73.9 Å². The number of hydrogen-bond acceptors (Lipinski definition) is 21. The Morgan fingerprint density at radius 2 is 0.926 bits per heavy atom. The number of hydrogen-bond donors (Lipinski definition) is 3. The number of carboxylic acids is 2. The predicted molar refractivity (Wildman–Crippen MR) is 513 cm³/mol. The number of Topliss-reactive ketones (excluding diaryl/α,β-unsaturated/α-hetero) is 3. The molecule has 6 aliphatic heterocycles. The molecule has 4 saturated heterocycles. The van der Waals surface area contributed by atoms with Gasteiger partial charge in [-0.3, -0.25) is 24.0 Å². The van der Waals surface area contributed by atoms with Crippen LogP contribution in [0.3, 0.4) is 0 Å². The number of halogens is 14. The van der Waals surface area contributed by atoms with Gasteiger partial charge in [-0.05, 0) is 165 Å². The first kappa shape index (κ1) is 136. The molecule has 135 heavy (non-hydrogen) atoms. The average molecular weight is 2050 g/mol. The quantitative estimate of drug-likeness (QED) is 0.0149. The number of allylic oxidation sites excluding steroid dienone is 5. The third-order valence-electron chi connectivity index (χ3n) is 20.2. The zero-order chi connectivity index (χ0) is 92.1. The number of ketones is 4. The van der Waals surface area contributed by atoms with Crippen LogP contribution >= 0.6 is 77.2 Å². The number of likely N-dealkylation sites (N-methyl/N-ethyl adjacent to an activating group) is 2. The van der Waals surface area contributed by atoms with Gasteiger partial charge in [0.2, 0.25) is 24.8 Å². The van der Waals surface area contributed by atoms with Crippen LogP contribution in [-0.4, -0.2) is 267 Å². The Labute approximate surface area is 865 Å². The number of nitrogens with zero attached hydrogens (tertiary/aromatic N) is 13. The molecule has 6 aliphatic rings. The second-order valence-electron chi connectivity index (χ2n) is 29.5. The van der Waals surface area contributed by atoms with E-state index in [1.54, 1.807) is 0 Å². The van der Waals surface area contributed by atoms with Gasteiger partial charge in [0.15, 0.2) is 5.78 Å². The van der Waals surface area contributed by atoms with Crippen LogP contribution in [0.25, 0.3) is 31.2 Å². The molecule has 4 N–H and O–H groups in total. The summed E-state index contributed by atoms with van der Waals surface area (Å²) in [4.78, 5) is 114. The molecule has 0 spiro atoms. The molecule has 0 aliphatic carbocycles. The van der Waals surface area contributed by atoms with E-state index < -0.39 is 98.7 Å². The molecule has 4 aromatic carbocycles. The van der Waals surface area contributed by atoms with Crippen LogP contribution < -0.4 is 88.2 Å². The van der Waals surface area contributed by atoms with Crippen molar-refractivity contribution in [2.45, 2.75) is 176 Å². The van der Waals surface area contributed by atoms with Gasteiger partial charge in [-0.25, -0.2) is 75.4 Å². The molecular weight excluding hydrogens is 1930 g/mol. The summed E-state index contributed by atoms with van der Waals surface area (Å²) < 4.78 is 150. The maximum absolute atomic E-state index is 12.8. The molecule has 12 rings (SSSR count). The van der Waals surface area contributed by atoms with Gasteiger partial charge in [-0.1, -0.05) is 86.6 Å². The van der Waals surface area contributed by atoms with Crippen molar-refractivity contribution < 1.29 is 177 Å². The second kappa shape index (κ2) is 70.1. The van der Waals surface area contributed by atoms with Crippen molar-refractivity contribution in [2.75, 3.05) is 119 Å². The number of carbonyl (C=O) groups excluding carboxylic acids is 5. The summed E-state index contributed by atoms with van der Waals surface area (Å²) in [5.41, 5.74) is 6.32. The normalized spacial score (nSPS) is 16.6. The zero-order valence-electron chi connectivity index (χ0n) is 75.2. The van der Waals surface area contributed by atoms with E-state index in [0.717, 1.165) is 170 Å². The summed E-state index contributed by atoms with van der Waals surface area (Å²) in [5.74, 6) is -3.69. The summed E-state index contributed by atoms with van der Waals surface area (Å²) in [7, 11) is 4.26. The number of rotatable bonds is 26. The van der Waals surface area contributed by atoms with Gasteiger partial charge in [0.25, 0.3) is 38.6 Å². The predicted octanol–water partition coefficient (Wildman–Crippen LogP) is 10.4. The number of fused-ring (bicyclic) bond motifs is 4. The molecule has 6 aromatic rings. The SMILES string of the molecule is C.C.CC(=O)/C=C/C(F)F.CC(=O)CC(=O)C(F)F.CC(=O)CC(O)C(F)F.O=C(O)/C=C/C(F)F.O=C(O)/C=C/C(F)F.S.S.S.S.[B].[C-]#[N+]C[C@@H]1CCCN(c2nc(OC[C@@H]3CCCN3C)nc3c2CCN(c2cccc4cccc(Cl)c24)C3)C1.[C-]#[N+]C[C@H]1CN(c2nc(OC[C@@H]3CCCN3C)nc3c2CCN(c2cccc4cccc(Cl)c24)C3)CCN1C(=O)/C=C/C(F)F.[H-].[Na+].[Na+].[OH-]. The number of aliphatic hydroxyl groups excluding tert-OH is 1. The molecule has 4 fully saturated rings. The smallest absolute Gasteiger partial charge is 1.00 e. The molecular formula is C88H117BCl2F12N13Na2O13S4. The van der Waals surface area contributed by atoms with Crippen LogP contribution in [0.15, 0.2) is 121 Å². The molecule has 739 valence electrons. The Morgan fingerprint density at radius 3 is 1.26 bits per heavy atom. The molecule has 8 heterocycles. The van der Waals surface area contributed by atoms with E-state index in [4.69, 9.17) is 81.1 Å². The fraction of sp³-hybridized carbons (Fsp3) is 0.489. The number of piperazine rings is 1. The van der Waals surface area contributed by atoms with Crippen LogP contribution in [0.1, 0.15) is 111 Å². The molecule has 47 heteroatoms. The Balaban J connectivity index is -0.000000415. The summed E-state index contributed by atoms with van der Waals surface area (Å²) in [6.07, 6.45) is -6.69. The van der Waals surface area contributed by atoms with Crippen molar-refractivity contribution in [3.05, 3.63) is 177 Å². The number of carboxylic acid groups (broad SMARTS) is 2. The summed E-state index contributed by atoms with van der Waals surface area (Å²) in [6.45, 7) is 28.0. The number of amides is 1. The number of ether oxygens (including phenoxy) is 2. The summed E-state index contributed by atoms with van der Waals surface area (Å²) >= 11 is 13.4. The minimum Gasteiger partial charge on any atom is -1.00 e. The number of benzene rings is 4. The van der Waals surface area contributed by atoms with Crippen molar-refractivity contribution in [3.8, 4) is 12.0 Å². The number of aromatic nitrogens is 4. The molecule has 26 nitrogen and oxygen atoms in total. The second-order valence-corrected chi connectivity index (χ2v) is 30.4. The third-order valence-corrected chi connectivity index (χ3v) is 20.8. The molecule has 2 aromatic heterocycles. The van der Waals surface area contributed by atoms with Crippen molar-refractivity contribution >= 4 is 171 Å². The number of aliphatic carboxylic acids is 2. The van der Waals surface area contributed by atoms with Crippen LogP contribution in [-0.2, 0) is 59.5 Å². The van der Waals surface area contributed by atoms with E-state index in [-0.39, 0.29) is 162 Å². The first-order valence-corrected chi connectivity index (χ1v) is 40.5. The molecule has 3 radical (unpaired) electrons. The zero-order valence-corrected chi connectivity index (χ0v) is 83.7. The maximum Gasteiger partial charge on any atom is 1.00 e. The van der Waals surface area contributed by atoms with E-state index in [1.165, 1.54) is 23.8 Å². The van der Waals surface area contributed by atoms with Crippen LogP contribution in [0.2, 0.25) is 10.0 Å². The molecule has 0 saturated carbocycles. The van der Waals surface area contributed by atoms with E-state index in [0.29, 0.717) is 124 Å². The number of piperidine rings is 1. The van der Waals surface area contributed by atoms with Crippen molar-refractivity contribution in [1.29, 1.82) is 0 Å². The van der Waals surface area contributed by atoms with Crippen LogP contribution in [0.5, 0.6) is 12.0 Å². The molecule has 5 atom stereocenters. The van der Waals surface area contributed by atoms with Crippen LogP contribution in [0.4, 0.5) is 75.7 Å². The van der Waals surface area contributed by atoms with Gasteiger partial charge >= 0.3 is 83.1 Å². The Kier molecular flexibility index (Phi) is 70.6. The first-order valence-electron chi connectivity index (χ1n) is 39.7. The van der Waals surface area contributed by atoms with E-state index in [1.807, 2.05) is 30.3 Å². The minimum atomic E-state index is -3.01. The first-order chi connectivity index (χ1) is 59.4.